The smallest absolute Gasteiger partial charge is 0.175 e. The minimum Gasteiger partial charge on any atom is -0.354 e. The van der Waals surface area contributed by atoms with Crippen LogP contribution < -0.4 is 0 Å². The normalized spacial score (nSPS) is 16.0. The van der Waals surface area contributed by atoms with E-state index >= 15 is 0 Å². The molecule has 0 saturated heterocycles. The summed E-state index contributed by atoms with van der Waals surface area (Å²) in [6.07, 6.45) is 6.57. The highest BCUT2D eigenvalue weighted by atomic mass is 16.7. The maximum atomic E-state index is 5.63. The van der Waals surface area contributed by atoms with Crippen LogP contribution in [0.4, 0.5) is 0 Å². The monoisotopic (exact) mass is 337 g/mol. The second-order valence-corrected chi connectivity index (χ2v) is 6.49. The summed E-state index contributed by atoms with van der Waals surface area (Å²) in [6, 6.07) is 21.7. The van der Waals surface area contributed by atoms with E-state index in [0.29, 0.717) is 6.04 Å². The molecule has 0 N–H and O–H groups in total. The standard InChI is InChI=1S/C22H27NO2/c1-24-22(25-2)21(16-13-18-9-5-3-6-10-18)23(20-14-15-20)17-19-11-7-4-8-12-19/h3-13,16,20-22H,14-15,17H2,1-2H3. The zero-order valence-corrected chi connectivity index (χ0v) is 15.0. The predicted octanol–water partition coefficient (Wildman–Crippen LogP) is 4.35. The molecule has 0 amide bonds. The van der Waals surface area contributed by atoms with E-state index in [2.05, 4.69) is 71.6 Å². The molecule has 2 aromatic carbocycles. The summed E-state index contributed by atoms with van der Waals surface area (Å²) >= 11 is 0. The lowest BCUT2D eigenvalue weighted by atomic mass is 10.1. The van der Waals surface area contributed by atoms with Gasteiger partial charge in [-0.3, -0.25) is 4.90 Å². The van der Waals surface area contributed by atoms with E-state index < -0.39 is 0 Å². The van der Waals surface area contributed by atoms with Gasteiger partial charge < -0.3 is 9.47 Å². The van der Waals surface area contributed by atoms with E-state index in [4.69, 9.17) is 9.47 Å². The Hall–Kier alpha value is -1.94. The number of rotatable bonds is 9. The van der Waals surface area contributed by atoms with Crippen molar-refractivity contribution in [2.45, 2.75) is 37.8 Å². The van der Waals surface area contributed by atoms with Crippen molar-refractivity contribution in [1.82, 2.24) is 4.90 Å². The molecular formula is C22H27NO2. The molecule has 132 valence electrons. The Balaban J connectivity index is 1.83. The third kappa shape index (κ3) is 5.02. The van der Waals surface area contributed by atoms with E-state index in [1.165, 1.54) is 24.0 Å². The van der Waals surface area contributed by atoms with Gasteiger partial charge in [0.05, 0.1) is 6.04 Å². The Morgan fingerprint density at radius 2 is 1.56 bits per heavy atom. The van der Waals surface area contributed by atoms with Gasteiger partial charge in [0.15, 0.2) is 6.29 Å². The van der Waals surface area contributed by atoms with Crippen LogP contribution in [0, 0.1) is 0 Å². The lowest BCUT2D eigenvalue weighted by Crippen LogP contribution is -2.45. The van der Waals surface area contributed by atoms with Gasteiger partial charge in [0.2, 0.25) is 0 Å². The van der Waals surface area contributed by atoms with Crippen molar-refractivity contribution in [2.24, 2.45) is 0 Å². The minimum absolute atomic E-state index is 0.0721. The van der Waals surface area contributed by atoms with Crippen molar-refractivity contribution in [3.8, 4) is 0 Å². The van der Waals surface area contributed by atoms with Crippen LogP contribution in [0.5, 0.6) is 0 Å². The first-order valence-electron chi connectivity index (χ1n) is 8.90. The first-order chi connectivity index (χ1) is 12.3. The molecule has 25 heavy (non-hydrogen) atoms. The number of ether oxygens (including phenoxy) is 2. The molecule has 0 bridgehead atoms. The van der Waals surface area contributed by atoms with Crippen LogP contribution in [-0.2, 0) is 16.0 Å². The first kappa shape index (κ1) is 17.9. The van der Waals surface area contributed by atoms with Crippen LogP contribution in [0.15, 0.2) is 66.7 Å². The minimum atomic E-state index is -0.288. The molecule has 1 fully saturated rings. The highest BCUT2D eigenvalue weighted by Gasteiger charge is 2.36. The number of hydrogen-bond donors (Lipinski definition) is 0. The average molecular weight is 337 g/mol. The Labute approximate surface area is 150 Å². The molecular weight excluding hydrogens is 310 g/mol. The highest BCUT2D eigenvalue weighted by Crippen LogP contribution is 2.32. The van der Waals surface area contributed by atoms with Gasteiger partial charge in [0.1, 0.15) is 0 Å². The van der Waals surface area contributed by atoms with Gasteiger partial charge in [0.25, 0.3) is 0 Å². The SMILES string of the molecule is COC(OC)C(C=Cc1ccccc1)N(Cc1ccccc1)C1CC1. The fourth-order valence-corrected chi connectivity index (χ4v) is 3.18. The van der Waals surface area contributed by atoms with E-state index in [1.54, 1.807) is 14.2 Å². The topological polar surface area (TPSA) is 21.7 Å². The van der Waals surface area contributed by atoms with Gasteiger partial charge in [-0.1, -0.05) is 72.8 Å². The molecule has 3 nitrogen and oxygen atoms in total. The van der Waals surface area contributed by atoms with Crippen molar-refractivity contribution < 1.29 is 9.47 Å². The summed E-state index contributed by atoms with van der Waals surface area (Å²) in [7, 11) is 3.43. The lowest BCUT2D eigenvalue weighted by molar-refractivity contribution is -0.138. The third-order valence-corrected chi connectivity index (χ3v) is 4.64. The summed E-state index contributed by atoms with van der Waals surface area (Å²) in [5.74, 6) is 0. The van der Waals surface area contributed by atoms with Gasteiger partial charge in [-0.25, -0.2) is 0 Å². The van der Waals surface area contributed by atoms with Crippen LogP contribution in [0.2, 0.25) is 0 Å². The van der Waals surface area contributed by atoms with Crippen molar-refractivity contribution in [3.05, 3.63) is 77.9 Å². The molecule has 1 saturated carbocycles. The van der Waals surface area contributed by atoms with Gasteiger partial charge in [-0.15, -0.1) is 0 Å². The molecule has 3 heteroatoms. The fraction of sp³-hybridized carbons (Fsp3) is 0.364. The van der Waals surface area contributed by atoms with Crippen molar-refractivity contribution in [2.75, 3.05) is 14.2 Å². The number of benzene rings is 2. The summed E-state index contributed by atoms with van der Waals surface area (Å²) < 4.78 is 11.3. The summed E-state index contributed by atoms with van der Waals surface area (Å²) in [4.78, 5) is 2.51. The average Bonchev–Trinajstić information content (AvgIpc) is 3.50. The van der Waals surface area contributed by atoms with Crippen molar-refractivity contribution in [1.29, 1.82) is 0 Å². The molecule has 1 aliphatic rings. The van der Waals surface area contributed by atoms with E-state index in [9.17, 15) is 0 Å². The number of nitrogens with zero attached hydrogens (tertiary/aromatic N) is 1. The Bertz CT molecular complexity index is 648. The van der Waals surface area contributed by atoms with Gasteiger partial charge in [-0.05, 0) is 24.0 Å². The molecule has 0 radical (unpaired) electrons. The zero-order chi connectivity index (χ0) is 17.5. The lowest BCUT2D eigenvalue weighted by Gasteiger charge is -2.34. The predicted molar refractivity (Wildman–Crippen MR) is 102 cm³/mol. The van der Waals surface area contributed by atoms with Crippen molar-refractivity contribution >= 4 is 6.08 Å². The Morgan fingerprint density at radius 3 is 2.12 bits per heavy atom. The highest BCUT2D eigenvalue weighted by molar-refractivity contribution is 5.49. The van der Waals surface area contributed by atoms with Gasteiger partial charge in [-0.2, -0.15) is 0 Å². The molecule has 0 aliphatic heterocycles. The van der Waals surface area contributed by atoms with E-state index in [-0.39, 0.29) is 12.3 Å². The van der Waals surface area contributed by atoms with Gasteiger partial charge in [0, 0.05) is 26.8 Å². The molecule has 0 spiro atoms. The molecule has 2 aromatic rings. The molecule has 1 unspecified atom stereocenters. The van der Waals surface area contributed by atoms with Crippen LogP contribution in [0.3, 0.4) is 0 Å². The number of methoxy groups -OCH3 is 2. The summed E-state index contributed by atoms with van der Waals surface area (Å²) in [5, 5.41) is 0. The first-order valence-corrected chi connectivity index (χ1v) is 8.90. The Kier molecular flexibility index (Phi) is 6.40. The number of hydrogen-bond acceptors (Lipinski definition) is 3. The molecule has 1 atom stereocenters. The molecule has 1 aliphatic carbocycles. The second-order valence-electron chi connectivity index (χ2n) is 6.49. The zero-order valence-electron chi connectivity index (χ0n) is 15.0. The van der Waals surface area contributed by atoms with Crippen LogP contribution in [0.25, 0.3) is 6.08 Å². The quantitative estimate of drug-likeness (QED) is 0.635. The van der Waals surface area contributed by atoms with Crippen LogP contribution in [-0.4, -0.2) is 37.5 Å². The van der Waals surface area contributed by atoms with Gasteiger partial charge >= 0.3 is 0 Å². The van der Waals surface area contributed by atoms with E-state index in [1.807, 2.05) is 6.07 Å². The van der Waals surface area contributed by atoms with E-state index in [0.717, 1.165) is 6.54 Å². The Morgan fingerprint density at radius 1 is 0.960 bits per heavy atom. The maximum Gasteiger partial charge on any atom is 0.175 e. The van der Waals surface area contributed by atoms with Crippen LogP contribution in [0.1, 0.15) is 24.0 Å². The summed E-state index contributed by atoms with van der Waals surface area (Å²) in [5.41, 5.74) is 2.51. The fourth-order valence-electron chi connectivity index (χ4n) is 3.18. The molecule has 0 heterocycles. The maximum absolute atomic E-state index is 5.63. The van der Waals surface area contributed by atoms with Crippen molar-refractivity contribution in [3.63, 3.8) is 0 Å². The third-order valence-electron chi connectivity index (χ3n) is 4.64. The molecule has 3 rings (SSSR count). The molecule has 0 aromatic heterocycles. The summed E-state index contributed by atoms with van der Waals surface area (Å²) in [6.45, 7) is 0.901. The second kappa shape index (κ2) is 8.95. The largest absolute Gasteiger partial charge is 0.354 e. The van der Waals surface area contributed by atoms with Crippen LogP contribution >= 0.6 is 0 Å².